The Bertz CT molecular complexity index is 574. The maximum absolute atomic E-state index is 4.61. The Morgan fingerprint density at radius 1 is 1.00 bits per heavy atom. The topological polar surface area (TPSA) is 64.7 Å². The van der Waals surface area contributed by atoms with Gasteiger partial charge in [0.1, 0.15) is 11.0 Å². The van der Waals surface area contributed by atoms with Gasteiger partial charge in [-0.1, -0.05) is 6.07 Å². The minimum Gasteiger partial charge on any atom is -0.243 e. The van der Waals surface area contributed by atoms with Crippen LogP contribution in [0.3, 0.4) is 0 Å². The average Bonchev–Trinajstić information content (AvgIpc) is 2.65. The first-order valence-corrected chi connectivity index (χ1v) is 3.78. The standard InChI is InChI=1S/C8H4N4O/c1-2-6-8(12-13-11-6)7-5(1)3-4-9-10-7/h1-4H. The molecule has 5 nitrogen and oxygen atoms in total. The number of fused-ring (bicyclic) bond motifs is 3. The van der Waals surface area contributed by atoms with E-state index < -0.39 is 0 Å². The predicted octanol–water partition coefficient (Wildman–Crippen LogP) is 1.17. The van der Waals surface area contributed by atoms with Crippen molar-refractivity contribution >= 4 is 21.9 Å². The van der Waals surface area contributed by atoms with Crippen LogP contribution in [0, 0.1) is 0 Å². The van der Waals surface area contributed by atoms with Crippen molar-refractivity contribution in [2.24, 2.45) is 0 Å². The van der Waals surface area contributed by atoms with Crippen LogP contribution in [0.15, 0.2) is 29.0 Å². The number of hydrogen-bond acceptors (Lipinski definition) is 5. The van der Waals surface area contributed by atoms with Crippen LogP contribution in [-0.2, 0) is 0 Å². The molecule has 0 bridgehead atoms. The molecule has 0 saturated carbocycles. The van der Waals surface area contributed by atoms with Gasteiger partial charge in [0, 0.05) is 5.39 Å². The Labute approximate surface area is 72.3 Å². The molecule has 1 aromatic carbocycles. The molecule has 0 aliphatic carbocycles. The van der Waals surface area contributed by atoms with Crippen molar-refractivity contribution < 1.29 is 4.63 Å². The summed E-state index contributed by atoms with van der Waals surface area (Å²) >= 11 is 0. The smallest absolute Gasteiger partial charge is 0.163 e. The van der Waals surface area contributed by atoms with Crippen LogP contribution in [0.25, 0.3) is 21.9 Å². The molecule has 0 unspecified atom stereocenters. The van der Waals surface area contributed by atoms with Gasteiger partial charge in [-0.3, -0.25) is 0 Å². The number of hydrogen-bond donors (Lipinski definition) is 0. The Balaban J connectivity index is 2.65. The predicted molar refractivity (Wildman–Crippen MR) is 44.9 cm³/mol. The fourth-order valence-corrected chi connectivity index (χ4v) is 1.30. The van der Waals surface area contributed by atoms with Crippen molar-refractivity contribution in [3.8, 4) is 0 Å². The van der Waals surface area contributed by atoms with E-state index in [1.807, 2.05) is 18.2 Å². The molecule has 5 heteroatoms. The zero-order valence-electron chi connectivity index (χ0n) is 6.51. The highest BCUT2D eigenvalue weighted by Gasteiger charge is 2.05. The lowest BCUT2D eigenvalue weighted by atomic mass is 10.2. The van der Waals surface area contributed by atoms with Crippen LogP contribution in [0.4, 0.5) is 0 Å². The summed E-state index contributed by atoms with van der Waals surface area (Å²) in [4.78, 5) is 0. The summed E-state index contributed by atoms with van der Waals surface area (Å²) in [6.07, 6.45) is 1.64. The molecule has 0 radical (unpaired) electrons. The number of nitrogens with zero attached hydrogens (tertiary/aromatic N) is 4. The summed E-state index contributed by atoms with van der Waals surface area (Å²) in [7, 11) is 0. The van der Waals surface area contributed by atoms with E-state index in [2.05, 4.69) is 25.1 Å². The molecule has 0 spiro atoms. The summed E-state index contributed by atoms with van der Waals surface area (Å²) in [5, 5.41) is 16.2. The van der Waals surface area contributed by atoms with Crippen LogP contribution in [0.2, 0.25) is 0 Å². The highest BCUT2D eigenvalue weighted by Crippen LogP contribution is 2.18. The van der Waals surface area contributed by atoms with Gasteiger partial charge in [0.15, 0.2) is 5.52 Å². The Morgan fingerprint density at radius 3 is 3.00 bits per heavy atom. The molecule has 3 aromatic rings. The van der Waals surface area contributed by atoms with E-state index in [1.165, 1.54) is 0 Å². The highest BCUT2D eigenvalue weighted by molar-refractivity contribution is 6.00. The second-order valence-electron chi connectivity index (χ2n) is 2.67. The minimum absolute atomic E-state index is 0.658. The van der Waals surface area contributed by atoms with Crippen molar-refractivity contribution in [1.29, 1.82) is 0 Å². The third-order valence-corrected chi connectivity index (χ3v) is 1.91. The number of aromatic nitrogens is 4. The van der Waals surface area contributed by atoms with Gasteiger partial charge in [0.25, 0.3) is 0 Å². The average molecular weight is 172 g/mol. The molecule has 2 aromatic heterocycles. The monoisotopic (exact) mass is 172 g/mol. The molecule has 0 atom stereocenters. The Kier molecular flexibility index (Phi) is 1.11. The van der Waals surface area contributed by atoms with Crippen LogP contribution in [-0.4, -0.2) is 20.5 Å². The van der Waals surface area contributed by atoms with Crippen LogP contribution < -0.4 is 0 Å². The zero-order valence-corrected chi connectivity index (χ0v) is 6.51. The molecular weight excluding hydrogens is 168 g/mol. The van der Waals surface area contributed by atoms with E-state index in [0.717, 1.165) is 10.9 Å². The van der Waals surface area contributed by atoms with Crippen molar-refractivity contribution in [3.63, 3.8) is 0 Å². The third kappa shape index (κ3) is 0.807. The fraction of sp³-hybridized carbons (Fsp3) is 0. The summed E-state index contributed by atoms with van der Waals surface area (Å²) in [6, 6.07) is 5.63. The normalized spacial score (nSPS) is 11.1. The van der Waals surface area contributed by atoms with Gasteiger partial charge in [-0.25, -0.2) is 4.63 Å². The second-order valence-corrected chi connectivity index (χ2v) is 2.67. The fourth-order valence-electron chi connectivity index (χ4n) is 1.30. The molecule has 0 aliphatic heterocycles. The Morgan fingerprint density at radius 2 is 2.00 bits per heavy atom. The van der Waals surface area contributed by atoms with E-state index in [9.17, 15) is 0 Å². The molecule has 0 amide bonds. The Hall–Kier alpha value is -2.04. The molecular formula is C8H4N4O. The first kappa shape index (κ1) is 6.47. The van der Waals surface area contributed by atoms with Crippen LogP contribution in [0.1, 0.15) is 0 Å². The summed E-state index contributed by atoms with van der Waals surface area (Å²) in [6.45, 7) is 0. The second kappa shape index (κ2) is 2.22. The van der Waals surface area contributed by atoms with Crippen molar-refractivity contribution in [1.82, 2.24) is 20.5 Å². The quantitative estimate of drug-likeness (QED) is 0.509. The van der Waals surface area contributed by atoms with Crippen molar-refractivity contribution in [2.45, 2.75) is 0 Å². The van der Waals surface area contributed by atoms with Crippen LogP contribution in [0.5, 0.6) is 0 Å². The highest BCUT2D eigenvalue weighted by atomic mass is 16.6. The van der Waals surface area contributed by atoms with Gasteiger partial charge in [-0.2, -0.15) is 5.10 Å². The molecule has 2 heterocycles. The van der Waals surface area contributed by atoms with Gasteiger partial charge in [-0.15, -0.1) is 5.10 Å². The first-order valence-electron chi connectivity index (χ1n) is 3.78. The van der Waals surface area contributed by atoms with Crippen molar-refractivity contribution in [3.05, 3.63) is 24.4 Å². The molecule has 0 fully saturated rings. The maximum Gasteiger partial charge on any atom is 0.163 e. The summed E-state index contributed by atoms with van der Waals surface area (Å²) < 4.78 is 4.61. The first-order chi connectivity index (χ1) is 6.45. The molecule has 62 valence electrons. The molecule has 0 aliphatic rings. The van der Waals surface area contributed by atoms with Gasteiger partial charge < -0.3 is 0 Å². The van der Waals surface area contributed by atoms with Crippen molar-refractivity contribution in [2.75, 3.05) is 0 Å². The lowest BCUT2D eigenvalue weighted by molar-refractivity contribution is 0.315. The van der Waals surface area contributed by atoms with E-state index in [4.69, 9.17) is 0 Å². The summed E-state index contributed by atoms with van der Waals surface area (Å²) in [5.74, 6) is 0. The summed E-state index contributed by atoms with van der Waals surface area (Å²) in [5.41, 5.74) is 2.08. The van der Waals surface area contributed by atoms with Gasteiger partial charge in [0.2, 0.25) is 0 Å². The number of rotatable bonds is 0. The van der Waals surface area contributed by atoms with Gasteiger partial charge >= 0.3 is 0 Å². The van der Waals surface area contributed by atoms with E-state index in [1.54, 1.807) is 6.20 Å². The van der Waals surface area contributed by atoms with Crippen LogP contribution >= 0.6 is 0 Å². The largest absolute Gasteiger partial charge is 0.243 e. The third-order valence-electron chi connectivity index (χ3n) is 1.91. The maximum atomic E-state index is 4.61. The molecule has 0 saturated heterocycles. The minimum atomic E-state index is 0.658. The lowest BCUT2D eigenvalue weighted by Gasteiger charge is -1.92. The van der Waals surface area contributed by atoms with Gasteiger partial charge in [0.05, 0.1) is 6.20 Å². The zero-order chi connectivity index (χ0) is 8.67. The van der Waals surface area contributed by atoms with E-state index >= 15 is 0 Å². The van der Waals surface area contributed by atoms with E-state index in [-0.39, 0.29) is 0 Å². The van der Waals surface area contributed by atoms with E-state index in [0.29, 0.717) is 11.0 Å². The SMILES string of the molecule is c1cc2ccc3nonc3c2nn1. The van der Waals surface area contributed by atoms with Gasteiger partial charge in [-0.05, 0) is 22.4 Å². The molecule has 0 N–H and O–H groups in total. The molecule has 3 rings (SSSR count). The lowest BCUT2D eigenvalue weighted by Crippen LogP contribution is -1.83. The molecule has 13 heavy (non-hydrogen) atoms. The number of benzene rings is 1.